The van der Waals surface area contributed by atoms with Crippen molar-refractivity contribution in [3.05, 3.63) is 29.8 Å². The zero-order chi connectivity index (χ0) is 13.9. The molecule has 0 aliphatic carbocycles. The monoisotopic (exact) mass is 318 g/mol. The molecule has 6 heteroatoms. The average Bonchev–Trinajstić information content (AvgIpc) is 2.69. The van der Waals surface area contributed by atoms with Gasteiger partial charge in [-0.15, -0.1) is 12.4 Å². The summed E-state index contributed by atoms with van der Waals surface area (Å²) in [5.74, 6) is 0.629. The van der Waals surface area contributed by atoms with Crippen LogP contribution in [0.5, 0.6) is 0 Å². The number of sulfone groups is 1. The molecule has 1 aliphatic rings. The average molecular weight is 319 g/mol. The number of nitrogens with zero attached hydrogens (tertiary/aromatic N) is 1. The molecule has 1 aromatic carbocycles. The molecule has 0 aromatic heterocycles. The van der Waals surface area contributed by atoms with Gasteiger partial charge in [-0.2, -0.15) is 0 Å². The Morgan fingerprint density at radius 3 is 2.70 bits per heavy atom. The first-order valence-electron chi connectivity index (χ1n) is 6.79. The molecule has 1 fully saturated rings. The Morgan fingerprint density at radius 1 is 1.40 bits per heavy atom. The van der Waals surface area contributed by atoms with E-state index in [9.17, 15) is 8.42 Å². The quantitative estimate of drug-likeness (QED) is 0.844. The van der Waals surface area contributed by atoms with Crippen LogP contribution in [0.1, 0.15) is 25.3 Å². The van der Waals surface area contributed by atoms with Crippen molar-refractivity contribution in [1.29, 1.82) is 0 Å². The summed E-state index contributed by atoms with van der Waals surface area (Å²) in [5, 5.41) is 0. The van der Waals surface area contributed by atoms with Crippen LogP contribution in [0.25, 0.3) is 0 Å². The van der Waals surface area contributed by atoms with Crippen LogP contribution in [-0.4, -0.2) is 37.4 Å². The fourth-order valence-electron chi connectivity index (χ4n) is 2.67. The largest absolute Gasteiger partial charge is 0.399 e. The third-order valence-electron chi connectivity index (χ3n) is 3.57. The second-order valence-corrected chi connectivity index (χ2v) is 7.50. The van der Waals surface area contributed by atoms with Crippen LogP contribution in [-0.2, 0) is 16.4 Å². The molecule has 0 bridgehead atoms. The first kappa shape index (κ1) is 17.3. The first-order chi connectivity index (χ1) is 9.00. The molecule has 1 saturated heterocycles. The number of benzene rings is 1. The van der Waals surface area contributed by atoms with E-state index >= 15 is 0 Å². The molecule has 0 saturated carbocycles. The van der Waals surface area contributed by atoms with Gasteiger partial charge in [0.05, 0.1) is 11.5 Å². The predicted octanol–water partition coefficient (Wildman–Crippen LogP) is 2.09. The third kappa shape index (κ3) is 4.65. The second kappa shape index (κ2) is 7.29. The maximum Gasteiger partial charge on any atom is 0.151 e. The van der Waals surface area contributed by atoms with E-state index in [0.717, 1.165) is 37.2 Å². The van der Waals surface area contributed by atoms with Gasteiger partial charge < -0.3 is 5.73 Å². The molecular formula is C14H23ClN2O2S. The summed E-state index contributed by atoms with van der Waals surface area (Å²) >= 11 is 0. The Labute approximate surface area is 127 Å². The lowest BCUT2D eigenvalue weighted by atomic mass is 10.1. The molecule has 4 nitrogen and oxygen atoms in total. The van der Waals surface area contributed by atoms with Crippen molar-refractivity contribution in [2.24, 2.45) is 0 Å². The Bertz CT molecular complexity index is 534. The summed E-state index contributed by atoms with van der Waals surface area (Å²) in [5.41, 5.74) is 7.70. The van der Waals surface area contributed by atoms with E-state index in [4.69, 9.17) is 5.73 Å². The van der Waals surface area contributed by atoms with Crippen molar-refractivity contribution < 1.29 is 8.42 Å². The molecule has 0 radical (unpaired) electrons. The summed E-state index contributed by atoms with van der Waals surface area (Å²) < 4.78 is 23.2. The van der Waals surface area contributed by atoms with Crippen LogP contribution in [0.15, 0.2) is 24.3 Å². The SMILES string of the molecule is CCCN(Cc1cccc(N)c1)C1CCS(=O)(=O)C1.Cl. The number of nitrogen functional groups attached to an aromatic ring is 1. The second-order valence-electron chi connectivity index (χ2n) is 5.27. The fraction of sp³-hybridized carbons (Fsp3) is 0.571. The van der Waals surface area contributed by atoms with Crippen molar-refractivity contribution in [1.82, 2.24) is 4.90 Å². The summed E-state index contributed by atoms with van der Waals surface area (Å²) in [6.45, 7) is 3.82. The van der Waals surface area contributed by atoms with Crippen LogP contribution < -0.4 is 5.73 Å². The van der Waals surface area contributed by atoms with Crippen molar-refractivity contribution in [3.8, 4) is 0 Å². The number of rotatable bonds is 5. The molecule has 2 rings (SSSR count). The Hall–Kier alpha value is -0.780. The molecule has 20 heavy (non-hydrogen) atoms. The smallest absolute Gasteiger partial charge is 0.151 e. The van der Waals surface area contributed by atoms with Crippen LogP contribution in [0, 0.1) is 0 Å². The minimum absolute atomic E-state index is 0. The number of hydrogen-bond acceptors (Lipinski definition) is 4. The zero-order valence-corrected chi connectivity index (χ0v) is 13.4. The van der Waals surface area contributed by atoms with Gasteiger partial charge >= 0.3 is 0 Å². The van der Waals surface area contributed by atoms with Gasteiger partial charge in [0.25, 0.3) is 0 Å². The molecule has 1 unspecified atom stereocenters. The normalized spacial score (nSPS) is 20.8. The molecule has 1 atom stereocenters. The number of halogens is 1. The van der Waals surface area contributed by atoms with Gasteiger partial charge in [0.15, 0.2) is 9.84 Å². The van der Waals surface area contributed by atoms with Crippen LogP contribution in [0.4, 0.5) is 5.69 Å². The molecule has 2 N–H and O–H groups in total. The highest BCUT2D eigenvalue weighted by atomic mass is 35.5. The summed E-state index contributed by atoms with van der Waals surface area (Å²) in [6, 6.07) is 7.98. The molecule has 1 aromatic rings. The summed E-state index contributed by atoms with van der Waals surface area (Å²) in [4.78, 5) is 2.28. The Balaban J connectivity index is 0.00000200. The number of anilines is 1. The van der Waals surface area contributed by atoms with E-state index in [0.29, 0.717) is 11.5 Å². The molecule has 114 valence electrons. The first-order valence-corrected chi connectivity index (χ1v) is 8.61. The molecular weight excluding hydrogens is 296 g/mol. The van der Waals surface area contributed by atoms with Gasteiger partial charge in [-0.25, -0.2) is 8.42 Å². The van der Waals surface area contributed by atoms with E-state index in [-0.39, 0.29) is 18.4 Å². The Kier molecular flexibility index (Phi) is 6.30. The van der Waals surface area contributed by atoms with E-state index in [1.165, 1.54) is 0 Å². The predicted molar refractivity (Wildman–Crippen MR) is 85.9 cm³/mol. The van der Waals surface area contributed by atoms with Crippen LogP contribution in [0.2, 0.25) is 0 Å². The van der Waals surface area contributed by atoms with E-state index in [1.807, 2.05) is 24.3 Å². The maximum absolute atomic E-state index is 11.6. The van der Waals surface area contributed by atoms with Gasteiger partial charge in [0.1, 0.15) is 0 Å². The topological polar surface area (TPSA) is 63.4 Å². The highest BCUT2D eigenvalue weighted by Crippen LogP contribution is 2.20. The van der Waals surface area contributed by atoms with Gasteiger partial charge in [-0.1, -0.05) is 19.1 Å². The molecule has 1 heterocycles. The maximum atomic E-state index is 11.6. The molecule has 0 amide bonds. The van der Waals surface area contributed by atoms with Crippen LogP contribution >= 0.6 is 12.4 Å². The van der Waals surface area contributed by atoms with E-state index < -0.39 is 9.84 Å². The lowest BCUT2D eigenvalue weighted by Crippen LogP contribution is -2.36. The van der Waals surface area contributed by atoms with Crippen molar-refractivity contribution >= 4 is 27.9 Å². The van der Waals surface area contributed by atoms with E-state index in [2.05, 4.69) is 11.8 Å². The van der Waals surface area contributed by atoms with Gasteiger partial charge in [0, 0.05) is 18.3 Å². The van der Waals surface area contributed by atoms with Gasteiger partial charge in [-0.3, -0.25) is 4.90 Å². The zero-order valence-electron chi connectivity index (χ0n) is 11.8. The molecule has 1 aliphatic heterocycles. The van der Waals surface area contributed by atoms with Crippen molar-refractivity contribution in [2.45, 2.75) is 32.4 Å². The fourth-order valence-corrected chi connectivity index (χ4v) is 4.43. The van der Waals surface area contributed by atoms with Crippen LogP contribution in [0.3, 0.4) is 0 Å². The lowest BCUT2D eigenvalue weighted by Gasteiger charge is -2.27. The Morgan fingerprint density at radius 2 is 2.15 bits per heavy atom. The highest BCUT2D eigenvalue weighted by molar-refractivity contribution is 7.91. The minimum atomic E-state index is -2.83. The number of hydrogen-bond donors (Lipinski definition) is 1. The number of nitrogens with two attached hydrogens (primary N) is 1. The van der Waals surface area contributed by atoms with Gasteiger partial charge in [-0.05, 0) is 37.1 Å². The van der Waals surface area contributed by atoms with Gasteiger partial charge in [0.2, 0.25) is 0 Å². The highest BCUT2D eigenvalue weighted by Gasteiger charge is 2.31. The molecule has 0 spiro atoms. The lowest BCUT2D eigenvalue weighted by molar-refractivity contribution is 0.204. The van der Waals surface area contributed by atoms with Crippen molar-refractivity contribution in [2.75, 3.05) is 23.8 Å². The van der Waals surface area contributed by atoms with E-state index in [1.54, 1.807) is 0 Å². The third-order valence-corrected chi connectivity index (χ3v) is 5.32. The summed E-state index contributed by atoms with van der Waals surface area (Å²) in [6.07, 6.45) is 1.78. The standard InChI is InChI=1S/C14H22N2O2S.ClH/c1-2-7-16(14-6-8-19(17,18)11-14)10-12-4-3-5-13(15)9-12;/h3-5,9,14H,2,6-8,10-11,15H2,1H3;1H. The van der Waals surface area contributed by atoms with Crippen molar-refractivity contribution in [3.63, 3.8) is 0 Å². The summed E-state index contributed by atoms with van der Waals surface area (Å²) in [7, 11) is -2.83. The minimum Gasteiger partial charge on any atom is -0.399 e.